The number of carbonyl (C=O) groups is 1. The van der Waals surface area contributed by atoms with Crippen molar-refractivity contribution in [2.45, 2.75) is 25.6 Å². The van der Waals surface area contributed by atoms with Crippen molar-refractivity contribution < 1.29 is 31.5 Å². The second-order valence-electron chi connectivity index (χ2n) is 5.13. The maximum Gasteiger partial charge on any atom is 0.391 e. The molecule has 1 fully saturated rings. The first-order valence-corrected chi connectivity index (χ1v) is 7.58. The van der Waals surface area contributed by atoms with Gasteiger partial charge in [-0.2, -0.15) is 22.0 Å². The van der Waals surface area contributed by atoms with E-state index in [1.807, 2.05) is 0 Å². The van der Waals surface area contributed by atoms with E-state index in [0.29, 0.717) is 4.47 Å². The predicted octanol–water partition coefficient (Wildman–Crippen LogP) is 4.47. The lowest BCUT2D eigenvalue weighted by Crippen LogP contribution is -2.42. The Labute approximate surface area is 137 Å². The number of hydrogen-bond acceptors (Lipinski definition) is 2. The highest BCUT2D eigenvalue weighted by atomic mass is 79.9. The monoisotopic (exact) mass is 401 g/mol. The molecule has 0 atom stereocenters. The molecule has 0 N–H and O–H groups in total. The summed E-state index contributed by atoms with van der Waals surface area (Å²) in [6.07, 6.45) is -4.68. The molecule has 23 heavy (non-hydrogen) atoms. The topological polar surface area (TPSA) is 29.5 Å². The van der Waals surface area contributed by atoms with E-state index in [1.165, 1.54) is 23.1 Å². The normalized spacial score (nSPS) is 16.7. The Morgan fingerprint density at radius 3 is 2.39 bits per heavy atom. The van der Waals surface area contributed by atoms with Crippen LogP contribution in [-0.4, -0.2) is 36.7 Å². The van der Waals surface area contributed by atoms with Crippen LogP contribution in [0.5, 0.6) is 5.75 Å². The molecule has 1 aromatic rings. The Morgan fingerprint density at radius 2 is 1.87 bits per heavy atom. The van der Waals surface area contributed by atoms with E-state index in [0.717, 1.165) is 0 Å². The first kappa shape index (κ1) is 18.0. The molecule has 128 valence electrons. The van der Waals surface area contributed by atoms with E-state index in [2.05, 4.69) is 20.7 Å². The van der Waals surface area contributed by atoms with Gasteiger partial charge in [0, 0.05) is 17.6 Å². The van der Waals surface area contributed by atoms with E-state index in [4.69, 9.17) is 0 Å². The number of alkyl halides is 5. The maximum absolute atomic E-state index is 12.6. The third kappa shape index (κ3) is 4.55. The third-order valence-corrected chi connectivity index (χ3v) is 4.13. The first-order valence-electron chi connectivity index (χ1n) is 6.79. The van der Waals surface area contributed by atoms with Gasteiger partial charge in [-0.05, 0) is 31.0 Å². The fourth-order valence-corrected chi connectivity index (χ4v) is 2.79. The molecule has 0 unspecified atom stereocenters. The largest absolute Gasteiger partial charge is 0.434 e. The second-order valence-corrected chi connectivity index (χ2v) is 6.04. The van der Waals surface area contributed by atoms with Gasteiger partial charge in [0.05, 0.1) is 11.5 Å². The van der Waals surface area contributed by atoms with Gasteiger partial charge in [-0.1, -0.05) is 15.9 Å². The lowest BCUT2D eigenvalue weighted by atomic mass is 9.96. The molecule has 0 aliphatic carbocycles. The van der Waals surface area contributed by atoms with E-state index >= 15 is 0 Å². The molecular weight excluding hydrogens is 389 g/mol. The van der Waals surface area contributed by atoms with Crippen LogP contribution in [0, 0.1) is 5.92 Å². The number of hydrogen-bond donors (Lipinski definition) is 0. The highest BCUT2D eigenvalue weighted by Gasteiger charge is 2.42. The van der Waals surface area contributed by atoms with Crippen LogP contribution >= 0.6 is 15.9 Å². The van der Waals surface area contributed by atoms with Crippen LogP contribution < -0.4 is 4.74 Å². The van der Waals surface area contributed by atoms with E-state index in [9.17, 15) is 26.7 Å². The summed E-state index contributed by atoms with van der Waals surface area (Å²) in [5, 5.41) is 0. The Bertz CT molecular complexity index is 571. The number of ether oxygens (including phenoxy) is 1. The van der Waals surface area contributed by atoms with Crippen LogP contribution in [0.15, 0.2) is 22.7 Å². The van der Waals surface area contributed by atoms with Gasteiger partial charge in [-0.15, -0.1) is 0 Å². The highest BCUT2D eigenvalue weighted by Crippen LogP contribution is 2.35. The zero-order valence-electron chi connectivity index (χ0n) is 11.7. The van der Waals surface area contributed by atoms with Gasteiger partial charge >= 0.3 is 12.8 Å². The minimum atomic E-state index is -4.28. The number of benzene rings is 1. The molecule has 1 saturated heterocycles. The molecule has 0 aromatic heterocycles. The van der Waals surface area contributed by atoms with Crippen molar-refractivity contribution >= 4 is 21.8 Å². The third-order valence-electron chi connectivity index (χ3n) is 3.64. The Morgan fingerprint density at radius 1 is 1.26 bits per heavy atom. The van der Waals surface area contributed by atoms with Gasteiger partial charge in [0.1, 0.15) is 5.75 Å². The summed E-state index contributed by atoms with van der Waals surface area (Å²) >= 11 is 3.09. The quantitative estimate of drug-likeness (QED) is 0.699. The molecule has 1 heterocycles. The van der Waals surface area contributed by atoms with Gasteiger partial charge < -0.3 is 9.64 Å². The van der Waals surface area contributed by atoms with E-state index in [-0.39, 0.29) is 37.2 Å². The number of rotatable bonds is 3. The van der Waals surface area contributed by atoms with Crippen LogP contribution in [0.2, 0.25) is 0 Å². The summed E-state index contributed by atoms with van der Waals surface area (Å²) in [6.45, 7) is -3.26. The summed E-state index contributed by atoms with van der Waals surface area (Å²) in [4.78, 5) is 13.6. The fraction of sp³-hybridized carbons (Fsp3) is 0.500. The summed E-state index contributed by atoms with van der Waals surface area (Å²) in [7, 11) is 0. The molecule has 1 aliphatic heterocycles. The summed E-state index contributed by atoms with van der Waals surface area (Å²) < 4.78 is 67.5. The van der Waals surface area contributed by atoms with Crippen molar-refractivity contribution in [3.05, 3.63) is 28.2 Å². The zero-order valence-corrected chi connectivity index (χ0v) is 13.3. The fourth-order valence-electron chi connectivity index (χ4n) is 2.45. The molecule has 0 spiro atoms. The minimum absolute atomic E-state index is 0.0762. The summed E-state index contributed by atoms with van der Waals surface area (Å²) in [6, 6.07) is 4.01. The van der Waals surface area contributed by atoms with Gasteiger partial charge in [0.25, 0.3) is 5.91 Å². The number of piperidine rings is 1. The second kappa shape index (κ2) is 7.02. The molecule has 9 heteroatoms. The van der Waals surface area contributed by atoms with E-state index < -0.39 is 24.6 Å². The van der Waals surface area contributed by atoms with Crippen LogP contribution in [0.4, 0.5) is 22.0 Å². The lowest BCUT2D eigenvalue weighted by Gasteiger charge is -2.33. The Kier molecular flexibility index (Phi) is 5.49. The summed E-state index contributed by atoms with van der Waals surface area (Å²) in [5.41, 5.74) is -0.0982. The van der Waals surface area contributed by atoms with Crippen molar-refractivity contribution in [1.29, 1.82) is 0 Å². The molecule has 0 radical (unpaired) electrons. The number of amides is 1. The molecule has 0 saturated carbocycles. The van der Waals surface area contributed by atoms with Crippen LogP contribution in [0.3, 0.4) is 0 Å². The lowest BCUT2D eigenvalue weighted by molar-refractivity contribution is -0.183. The van der Waals surface area contributed by atoms with Crippen LogP contribution in [0.1, 0.15) is 23.2 Å². The number of likely N-dealkylation sites (tertiary alicyclic amines) is 1. The molecule has 1 aromatic carbocycles. The molecule has 1 amide bonds. The van der Waals surface area contributed by atoms with Gasteiger partial charge in [0.2, 0.25) is 0 Å². The molecule has 3 nitrogen and oxygen atoms in total. The van der Waals surface area contributed by atoms with Crippen molar-refractivity contribution in [1.82, 2.24) is 4.90 Å². The zero-order chi connectivity index (χ0) is 17.2. The number of nitrogens with zero attached hydrogens (tertiary/aromatic N) is 1. The van der Waals surface area contributed by atoms with Crippen molar-refractivity contribution in [2.24, 2.45) is 5.92 Å². The molecule has 0 bridgehead atoms. The Hall–Kier alpha value is -1.38. The van der Waals surface area contributed by atoms with Crippen LogP contribution in [-0.2, 0) is 0 Å². The predicted molar refractivity (Wildman–Crippen MR) is 75.5 cm³/mol. The standard InChI is InChI=1S/C14H13BrF5NO2/c15-9-1-2-10(11(7-9)23-13(16)17)12(22)21-5-3-8(4-6-21)14(18,19)20/h1-2,7-8,13H,3-6H2. The smallest absolute Gasteiger partial charge is 0.391 e. The van der Waals surface area contributed by atoms with Gasteiger partial charge in [-0.25, -0.2) is 0 Å². The number of carbonyl (C=O) groups excluding carboxylic acids is 1. The van der Waals surface area contributed by atoms with Crippen LogP contribution in [0.25, 0.3) is 0 Å². The molecule has 2 rings (SSSR count). The van der Waals surface area contributed by atoms with Gasteiger partial charge in [0.15, 0.2) is 0 Å². The Balaban J connectivity index is 2.12. The van der Waals surface area contributed by atoms with Crippen molar-refractivity contribution in [2.75, 3.05) is 13.1 Å². The van der Waals surface area contributed by atoms with E-state index in [1.54, 1.807) is 0 Å². The summed E-state index contributed by atoms with van der Waals surface area (Å²) in [5.74, 6) is -2.36. The van der Waals surface area contributed by atoms with Crippen molar-refractivity contribution in [3.63, 3.8) is 0 Å². The average molecular weight is 402 g/mol. The minimum Gasteiger partial charge on any atom is -0.434 e. The van der Waals surface area contributed by atoms with Gasteiger partial charge in [-0.3, -0.25) is 4.79 Å². The average Bonchev–Trinajstić information content (AvgIpc) is 2.45. The first-order chi connectivity index (χ1) is 10.7. The molecular formula is C14H13BrF5NO2. The molecule has 1 aliphatic rings. The SMILES string of the molecule is O=C(c1ccc(Br)cc1OC(F)F)N1CCC(C(F)(F)F)CC1. The maximum atomic E-state index is 12.6. The van der Waals surface area contributed by atoms with Crippen molar-refractivity contribution in [3.8, 4) is 5.75 Å². The highest BCUT2D eigenvalue weighted by molar-refractivity contribution is 9.10. The number of halogens is 6.